The molecule has 2 N–H and O–H groups in total. The minimum atomic E-state index is -2.74. The van der Waals surface area contributed by atoms with Gasteiger partial charge < -0.3 is 14.7 Å². The van der Waals surface area contributed by atoms with Gasteiger partial charge in [-0.2, -0.15) is 0 Å². The number of hydrogen-bond donors (Lipinski definition) is 2. The Balaban J connectivity index is 2.45. The third-order valence-corrected chi connectivity index (χ3v) is 4.50. The van der Waals surface area contributed by atoms with Gasteiger partial charge in [-0.3, -0.25) is 4.57 Å². The van der Waals surface area contributed by atoms with Crippen LogP contribution < -0.4 is 0 Å². The summed E-state index contributed by atoms with van der Waals surface area (Å²) in [4.78, 5) is 0. The van der Waals surface area contributed by atoms with Crippen molar-refractivity contribution in [3.05, 3.63) is 0 Å². The Morgan fingerprint density at radius 1 is 1.38 bits per heavy atom. The summed E-state index contributed by atoms with van der Waals surface area (Å²) in [7, 11) is -2.74. The lowest BCUT2D eigenvalue weighted by Gasteiger charge is -2.13. The van der Waals surface area contributed by atoms with Crippen molar-refractivity contribution in [1.29, 1.82) is 0 Å². The molecule has 1 rings (SSSR count). The van der Waals surface area contributed by atoms with E-state index in [2.05, 4.69) is 0 Å². The molecule has 0 aliphatic carbocycles. The highest BCUT2D eigenvalue weighted by molar-refractivity contribution is 7.59. The monoisotopic (exact) mass is 208 g/mol. The molecule has 13 heavy (non-hydrogen) atoms. The summed E-state index contributed by atoms with van der Waals surface area (Å²) in [6.07, 6.45) is -1.56. The Labute approximate surface area is 78.4 Å². The van der Waals surface area contributed by atoms with Crippen LogP contribution in [0.2, 0.25) is 0 Å². The van der Waals surface area contributed by atoms with E-state index in [1.54, 1.807) is 0 Å². The van der Waals surface area contributed by atoms with E-state index in [9.17, 15) is 14.8 Å². The molecule has 1 heterocycles. The predicted octanol–water partition coefficient (Wildman–Crippen LogP) is 0.672. The molecule has 0 aromatic heterocycles. The van der Waals surface area contributed by atoms with Crippen LogP contribution >= 0.6 is 7.37 Å². The first-order valence-corrected chi connectivity index (χ1v) is 6.51. The van der Waals surface area contributed by atoms with Crippen molar-refractivity contribution in [2.45, 2.75) is 26.1 Å². The average Bonchev–Trinajstić information content (AvgIpc) is 2.24. The molecule has 2 atom stereocenters. The smallest absolute Gasteiger partial charge is 0.208 e. The molecule has 2 unspecified atom stereocenters. The molecule has 0 saturated carbocycles. The van der Waals surface area contributed by atoms with Crippen molar-refractivity contribution in [2.75, 3.05) is 18.9 Å². The fraction of sp³-hybridized carbons (Fsp3) is 1.00. The van der Waals surface area contributed by atoms with E-state index in [0.29, 0.717) is 12.5 Å². The second-order valence-corrected chi connectivity index (χ2v) is 6.62. The SMILES string of the molecule is CC(C)COP1(=O)CC(O)C(O)C1. The molecule has 1 fully saturated rings. The van der Waals surface area contributed by atoms with Crippen molar-refractivity contribution in [1.82, 2.24) is 0 Å². The fourth-order valence-corrected chi connectivity index (χ4v) is 3.83. The summed E-state index contributed by atoms with van der Waals surface area (Å²) in [5.41, 5.74) is 0. The largest absolute Gasteiger partial charge is 0.390 e. The van der Waals surface area contributed by atoms with E-state index in [1.165, 1.54) is 0 Å². The summed E-state index contributed by atoms with van der Waals surface area (Å²) in [6, 6.07) is 0. The van der Waals surface area contributed by atoms with E-state index >= 15 is 0 Å². The van der Waals surface area contributed by atoms with Crippen LogP contribution in [0.1, 0.15) is 13.8 Å². The summed E-state index contributed by atoms with van der Waals surface area (Å²) in [6.45, 7) is 4.36. The first-order valence-electron chi connectivity index (χ1n) is 4.52. The van der Waals surface area contributed by atoms with E-state index in [0.717, 1.165) is 0 Å². The Hall–Kier alpha value is 0.110. The zero-order chi connectivity index (χ0) is 10.1. The highest BCUT2D eigenvalue weighted by Gasteiger charge is 2.41. The van der Waals surface area contributed by atoms with Gasteiger partial charge in [0, 0.05) is 0 Å². The van der Waals surface area contributed by atoms with Crippen LogP contribution in [0, 0.1) is 5.92 Å². The summed E-state index contributed by atoms with van der Waals surface area (Å²) < 4.78 is 17.0. The first kappa shape index (κ1) is 11.2. The molecule has 4 nitrogen and oxygen atoms in total. The number of aliphatic hydroxyl groups excluding tert-OH is 2. The summed E-state index contributed by atoms with van der Waals surface area (Å²) in [5, 5.41) is 18.4. The molecule has 0 radical (unpaired) electrons. The minimum Gasteiger partial charge on any atom is -0.390 e. The normalized spacial score (nSPS) is 40.1. The van der Waals surface area contributed by atoms with Crippen LogP contribution in [0.4, 0.5) is 0 Å². The quantitative estimate of drug-likeness (QED) is 0.669. The average molecular weight is 208 g/mol. The van der Waals surface area contributed by atoms with E-state index in [1.807, 2.05) is 13.8 Å². The molecular formula is C8H17O4P. The van der Waals surface area contributed by atoms with Crippen LogP contribution in [0.3, 0.4) is 0 Å². The maximum Gasteiger partial charge on any atom is 0.208 e. The van der Waals surface area contributed by atoms with Crippen molar-refractivity contribution >= 4 is 7.37 Å². The van der Waals surface area contributed by atoms with Gasteiger partial charge in [-0.1, -0.05) is 13.8 Å². The van der Waals surface area contributed by atoms with Crippen molar-refractivity contribution < 1.29 is 19.3 Å². The van der Waals surface area contributed by atoms with Crippen LogP contribution in [0.25, 0.3) is 0 Å². The van der Waals surface area contributed by atoms with Gasteiger partial charge in [0.25, 0.3) is 0 Å². The van der Waals surface area contributed by atoms with Crippen LogP contribution in [0.5, 0.6) is 0 Å². The lowest BCUT2D eigenvalue weighted by Crippen LogP contribution is -2.22. The molecule has 0 amide bonds. The minimum absolute atomic E-state index is 0.0981. The van der Waals surface area contributed by atoms with E-state index < -0.39 is 19.6 Å². The number of aliphatic hydroxyl groups is 2. The lowest BCUT2D eigenvalue weighted by molar-refractivity contribution is 0.0572. The van der Waals surface area contributed by atoms with Gasteiger partial charge in [0.15, 0.2) is 0 Å². The second kappa shape index (κ2) is 4.09. The second-order valence-electron chi connectivity index (χ2n) is 4.00. The zero-order valence-electron chi connectivity index (χ0n) is 8.01. The molecule has 1 aliphatic heterocycles. The number of hydrogen-bond acceptors (Lipinski definition) is 4. The highest BCUT2D eigenvalue weighted by Crippen LogP contribution is 2.53. The molecule has 0 bridgehead atoms. The first-order chi connectivity index (χ1) is 5.93. The number of rotatable bonds is 3. The molecular weight excluding hydrogens is 191 g/mol. The van der Waals surface area contributed by atoms with Crippen LogP contribution in [0.15, 0.2) is 0 Å². The van der Waals surface area contributed by atoms with Crippen molar-refractivity contribution in [3.8, 4) is 0 Å². The van der Waals surface area contributed by atoms with Crippen molar-refractivity contribution in [3.63, 3.8) is 0 Å². The molecule has 0 aromatic carbocycles. The van der Waals surface area contributed by atoms with Crippen LogP contribution in [-0.2, 0) is 9.09 Å². The topological polar surface area (TPSA) is 66.8 Å². The van der Waals surface area contributed by atoms with Gasteiger partial charge in [-0.15, -0.1) is 0 Å². The maximum atomic E-state index is 11.8. The van der Waals surface area contributed by atoms with E-state index in [4.69, 9.17) is 4.52 Å². The third kappa shape index (κ3) is 3.06. The zero-order valence-corrected chi connectivity index (χ0v) is 8.91. The third-order valence-electron chi connectivity index (χ3n) is 2.02. The molecule has 1 aliphatic rings. The highest BCUT2D eigenvalue weighted by atomic mass is 31.2. The lowest BCUT2D eigenvalue weighted by atomic mass is 10.2. The van der Waals surface area contributed by atoms with Gasteiger partial charge in [-0.05, 0) is 5.92 Å². The van der Waals surface area contributed by atoms with Gasteiger partial charge in [0.2, 0.25) is 7.37 Å². The summed E-state index contributed by atoms with van der Waals surface area (Å²) >= 11 is 0. The molecule has 0 aromatic rings. The Kier molecular flexibility index (Phi) is 3.52. The Morgan fingerprint density at radius 3 is 2.23 bits per heavy atom. The summed E-state index contributed by atoms with van der Waals surface area (Å²) in [5.74, 6) is 0.320. The van der Waals surface area contributed by atoms with Crippen molar-refractivity contribution in [2.24, 2.45) is 5.92 Å². The molecule has 5 heteroatoms. The molecule has 1 saturated heterocycles. The van der Waals surface area contributed by atoms with Gasteiger partial charge >= 0.3 is 0 Å². The van der Waals surface area contributed by atoms with E-state index in [-0.39, 0.29) is 12.3 Å². The standard InChI is InChI=1S/C8H17O4P/c1-6(2)3-12-13(11)4-7(9)8(10)5-13/h6-10H,3-5H2,1-2H3. The molecule has 0 spiro atoms. The van der Waals surface area contributed by atoms with Crippen LogP contribution in [-0.4, -0.2) is 41.4 Å². The Morgan fingerprint density at radius 2 is 1.85 bits per heavy atom. The Bertz CT molecular complexity index is 202. The predicted molar refractivity (Wildman–Crippen MR) is 50.1 cm³/mol. The van der Waals surface area contributed by atoms with Gasteiger partial charge in [0.1, 0.15) is 0 Å². The van der Waals surface area contributed by atoms with Gasteiger partial charge in [0.05, 0.1) is 31.1 Å². The fourth-order valence-electron chi connectivity index (χ4n) is 1.28. The maximum absolute atomic E-state index is 11.8. The molecule has 78 valence electrons. The van der Waals surface area contributed by atoms with Gasteiger partial charge in [-0.25, -0.2) is 0 Å².